The first-order chi connectivity index (χ1) is 4.18. The van der Waals surface area contributed by atoms with E-state index in [1.807, 2.05) is 6.92 Å². The highest BCUT2D eigenvalue weighted by Crippen LogP contribution is 1.87. The summed E-state index contributed by atoms with van der Waals surface area (Å²) < 4.78 is 0. The van der Waals surface area contributed by atoms with Crippen molar-refractivity contribution in [1.29, 1.82) is 0 Å². The van der Waals surface area contributed by atoms with E-state index in [4.69, 9.17) is 11.5 Å². The molecule has 0 bridgehead atoms. The van der Waals surface area contributed by atoms with E-state index >= 15 is 0 Å². The Labute approximate surface area is 56.3 Å². The number of rotatable bonds is 3. The zero-order valence-electron chi connectivity index (χ0n) is 5.89. The van der Waals surface area contributed by atoms with E-state index in [9.17, 15) is 0 Å². The van der Waals surface area contributed by atoms with Crippen molar-refractivity contribution in [3.63, 3.8) is 0 Å². The van der Waals surface area contributed by atoms with Crippen molar-refractivity contribution in [3.8, 4) is 12.3 Å². The van der Waals surface area contributed by atoms with Crippen LogP contribution in [-0.2, 0) is 0 Å². The molecule has 2 unspecified atom stereocenters. The molecule has 0 saturated carbocycles. The van der Waals surface area contributed by atoms with Gasteiger partial charge in [0.25, 0.3) is 0 Å². The van der Waals surface area contributed by atoms with Crippen molar-refractivity contribution in [2.24, 2.45) is 0 Å². The molecule has 0 amide bonds. The summed E-state index contributed by atoms with van der Waals surface area (Å²) in [5.41, 5.74) is 0. The first-order valence-electron chi connectivity index (χ1n) is 3.03. The summed E-state index contributed by atoms with van der Waals surface area (Å²) >= 11 is 0. The van der Waals surface area contributed by atoms with Gasteiger partial charge in [-0.3, -0.25) is 0 Å². The molecule has 0 aromatic carbocycles. The fourth-order valence-electron chi connectivity index (χ4n) is 0.390. The normalized spacial score (nSPS) is 16.2. The van der Waals surface area contributed by atoms with Gasteiger partial charge in [0.1, 0.15) is 0 Å². The number of hydrogen-bond donors (Lipinski definition) is 2. The van der Waals surface area contributed by atoms with Crippen LogP contribution < -0.4 is 5.32 Å². The number of terminal acetylenes is 1. The maximum Gasteiger partial charge on any atom is 0.0662 e. The van der Waals surface area contributed by atoms with E-state index in [1.54, 1.807) is 6.92 Å². The Morgan fingerprint density at radius 2 is 2.22 bits per heavy atom. The van der Waals surface area contributed by atoms with Crippen molar-refractivity contribution in [1.82, 2.24) is 5.32 Å². The fraction of sp³-hybridized carbons (Fsp3) is 0.714. The van der Waals surface area contributed by atoms with Crippen LogP contribution in [0.2, 0.25) is 0 Å². The highest BCUT2D eigenvalue weighted by atomic mass is 16.3. The minimum atomic E-state index is -0.335. The van der Waals surface area contributed by atoms with Gasteiger partial charge < -0.3 is 10.4 Å². The van der Waals surface area contributed by atoms with E-state index in [2.05, 4.69) is 11.2 Å². The van der Waals surface area contributed by atoms with E-state index in [0.717, 1.165) is 0 Å². The lowest BCUT2D eigenvalue weighted by molar-refractivity contribution is 0.155. The maximum atomic E-state index is 8.92. The molecule has 2 heteroatoms. The Balaban J connectivity index is 3.29. The Morgan fingerprint density at radius 1 is 1.67 bits per heavy atom. The molecule has 0 aliphatic heterocycles. The third-order valence-electron chi connectivity index (χ3n) is 1.25. The molecule has 9 heavy (non-hydrogen) atoms. The predicted octanol–water partition coefficient (Wildman–Crippen LogP) is -0.0215. The van der Waals surface area contributed by atoms with Gasteiger partial charge in [-0.2, -0.15) is 0 Å². The topological polar surface area (TPSA) is 32.3 Å². The summed E-state index contributed by atoms with van der Waals surface area (Å²) in [6.07, 6.45) is 4.65. The molecule has 52 valence electrons. The lowest BCUT2D eigenvalue weighted by atomic mass is 10.2. The average Bonchev–Trinajstić information content (AvgIpc) is 1.82. The smallest absolute Gasteiger partial charge is 0.0662 e. The van der Waals surface area contributed by atoms with Crippen LogP contribution in [0.25, 0.3) is 0 Å². The van der Waals surface area contributed by atoms with Crippen molar-refractivity contribution in [2.45, 2.75) is 26.0 Å². The fourth-order valence-corrected chi connectivity index (χ4v) is 0.390. The summed E-state index contributed by atoms with van der Waals surface area (Å²) in [5, 5.41) is 11.9. The molecule has 0 aromatic rings. The summed E-state index contributed by atoms with van der Waals surface area (Å²) in [6, 6.07) is 0.0843. The van der Waals surface area contributed by atoms with Gasteiger partial charge in [-0.05, 0) is 13.8 Å². The van der Waals surface area contributed by atoms with Gasteiger partial charge in [-0.15, -0.1) is 6.42 Å². The Bertz CT molecular complexity index is 104. The van der Waals surface area contributed by atoms with Gasteiger partial charge >= 0.3 is 0 Å². The predicted molar refractivity (Wildman–Crippen MR) is 38.0 cm³/mol. The molecule has 0 heterocycles. The van der Waals surface area contributed by atoms with Crippen molar-refractivity contribution < 1.29 is 5.11 Å². The highest BCUT2D eigenvalue weighted by molar-refractivity contribution is 4.88. The second-order valence-electron chi connectivity index (χ2n) is 2.11. The third kappa shape index (κ3) is 4.01. The van der Waals surface area contributed by atoms with Crippen molar-refractivity contribution >= 4 is 0 Å². The van der Waals surface area contributed by atoms with Gasteiger partial charge in [0.15, 0.2) is 0 Å². The number of nitrogens with one attached hydrogen (secondary N) is 1. The van der Waals surface area contributed by atoms with Crippen LogP contribution in [0, 0.1) is 12.3 Å². The van der Waals surface area contributed by atoms with Crippen LogP contribution in [0.1, 0.15) is 13.8 Å². The van der Waals surface area contributed by atoms with Crippen molar-refractivity contribution in [3.05, 3.63) is 0 Å². The third-order valence-corrected chi connectivity index (χ3v) is 1.25. The Morgan fingerprint density at radius 3 is 2.56 bits per heavy atom. The van der Waals surface area contributed by atoms with Gasteiger partial charge in [0.05, 0.1) is 12.6 Å². The second-order valence-corrected chi connectivity index (χ2v) is 2.11. The van der Waals surface area contributed by atoms with Crippen LogP contribution in [0.3, 0.4) is 0 Å². The molecular formula is C7H13NO. The highest BCUT2D eigenvalue weighted by Gasteiger charge is 2.04. The molecule has 0 saturated heterocycles. The summed E-state index contributed by atoms with van der Waals surface area (Å²) in [7, 11) is 0. The van der Waals surface area contributed by atoms with Gasteiger partial charge in [0.2, 0.25) is 0 Å². The molecule has 2 atom stereocenters. The zero-order valence-corrected chi connectivity index (χ0v) is 5.89. The molecule has 0 aliphatic carbocycles. The van der Waals surface area contributed by atoms with Crippen LogP contribution in [0.5, 0.6) is 0 Å². The lowest BCUT2D eigenvalue weighted by Gasteiger charge is -2.13. The molecule has 2 N–H and O–H groups in total. The SMILES string of the molecule is C#CCNC(C)C(C)O. The second kappa shape index (κ2) is 4.37. The minimum Gasteiger partial charge on any atom is -0.392 e. The lowest BCUT2D eigenvalue weighted by Crippen LogP contribution is -2.35. The van der Waals surface area contributed by atoms with E-state index < -0.39 is 0 Å². The van der Waals surface area contributed by atoms with Gasteiger partial charge in [0, 0.05) is 6.04 Å². The average molecular weight is 127 g/mol. The monoisotopic (exact) mass is 127 g/mol. The Hall–Kier alpha value is -0.520. The Kier molecular flexibility index (Phi) is 4.12. The first-order valence-corrected chi connectivity index (χ1v) is 3.03. The molecule has 2 nitrogen and oxygen atoms in total. The van der Waals surface area contributed by atoms with Crippen molar-refractivity contribution in [2.75, 3.05) is 6.54 Å². The summed E-state index contributed by atoms with van der Waals surface area (Å²) in [4.78, 5) is 0. The molecular weight excluding hydrogens is 114 g/mol. The molecule has 0 aliphatic rings. The number of aliphatic hydroxyl groups excluding tert-OH is 1. The van der Waals surface area contributed by atoms with Crippen LogP contribution in [-0.4, -0.2) is 23.8 Å². The number of aliphatic hydroxyl groups is 1. The molecule has 0 spiro atoms. The van der Waals surface area contributed by atoms with Crippen LogP contribution in [0.4, 0.5) is 0 Å². The largest absolute Gasteiger partial charge is 0.392 e. The van der Waals surface area contributed by atoms with E-state index in [1.165, 1.54) is 0 Å². The summed E-state index contributed by atoms with van der Waals surface area (Å²) in [6.45, 7) is 4.14. The molecule has 0 radical (unpaired) electrons. The van der Waals surface area contributed by atoms with Gasteiger partial charge in [-0.25, -0.2) is 0 Å². The van der Waals surface area contributed by atoms with E-state index in [-0.39, 0.29) is 12.1 Å². The minimum absolute atomic E-state index is 0.0843. The maximum absolute atomic E-state index is 8.92. The number of hydrogen-bond acceptors (Lipinski definition) is 2. The van der Waals surface area contributed by atoms with Crippen LogP contribution >= 0.6 is 0 Å². The molecule has 0 fully saturated rings. The first kappa shape index (κ1) is 8.48. The summed E-state index contributed by atoms with van der Waals surface area (Å²) in [5.74, 6) is 2.43. The quantitative estimate of drug-likeness (QED) is 0.522. The molecule has 0 aromatic heterocycles. The van der Waals surface area contributed by atoms with E-state index in [0.29, 0.717) is 6.54 Å². The zero-order chi connectivity index (χ0) is 7.28. The molecule has 0 rings (SSSR count). The standard InChI is InChI=1S/C7H13NO/c1-4-5-8-6(2)7(3)9/h1,6-9H,5H2,2-3H3. The van der Waals surface area contributed by atoms with Crippen LogP contribution in [0.15, 0.2) is 0 Å². The van der Waals surface area contributed by atoms with Gasteiger partial charge in [-0.1, -0.05) is 5.92 Å².